The van der Waals surface area contributed by atoms with Crippen molar-refractivity contribution < 1.29 is 14.7 Å². The summed E-state index contributed by atoms with van der Waals surface area (Å²) in [5, 5.41) is 16.2. The Morgan fingerprint density at radius 1 is 1.27 bits per heavy atom. The molecule has 0 bridgehead atoms. The molecular formula is C16H17N3O3. The van der Waals surface area contributed by atoms with Gasteiger partial charge in [-0.15, -0.1) is 0 Å². The van der Waals surface area contributed by atoms with E-state index in [4.69, 9.17) is 0 Å². The van der Waals surface area contributed by atoms with E-state index < -0.39 is 11.5 Å². The Labute approximate surface area is 127 Å². The number of benzene rings is 1. The van der Waals surface area contributed by atoms with E-state index in [9.17, 15) is 14.7 Å². The lowest BCUT2D eigenvalue weighted by atomic mass is 9.76. The number of aromatic nitrogens is 2. The van der Waals surface area contributed by atoms with Crippen LogP contribution in [0.25, 0.3) is 5.69 Å². The molecule has 2 N–H and O–H groups in total. The molecule has 1 heterocycles. The Morgan fingerprint density at radius 3 is 2.50 bits per heavy atom. The second kappa shape index (κ2) is 5.29. The minimum absolute atomic E-state index is 0.387. The zero-order valence-electron chi connectivity index (χ0n) is 12.2. The van der Waals surface area contributed by atoms with Gasteiger partial charge in [0.05, 0.1) is 23.1 Å². The van der Waals surface area contributed by atoms with Gasteiger partial charge >= 0.3 is 5.97 Å². The third-order valence-electron chi connectivity index (χ3n) is 4.22. The van der Waals surface area contributed by atoms with E-state index in [2.05, 4.69) is 10.4 Å². The Kier molecular flexibility index (Phi) is 3.44. The molecule has 1 fully saturated rings. The second-order valence-electron chi connectivity index (χ2n) is 5.59. The van der Waals surface area contributed by atoms with Gasteiger partial charge in [-0.25, -0.2) is 9.48 Å². The highest BCUT2D eigenvalue weighted by atomic mass is 16.4. The molecule has 1 saturated carbocycles. The summed E-state index contributed by atoms with van der Waals surface area (Å²) >= 11 is 0. The molecule has 1 aliphatic carbocycles. The van der Waals surface area contributed by atoms with Gasteiger partial charge in [0.25, 0.3) is 5.91 Å². The average molecular weight is 299 g/mol. The Bertz CT molecular complexity index is 717. The minimum atomic E-state index is -1.11. The van der Waals surface area contributed by atoms with Gasteiger partial charge in [-0.1, -0.05) is 18.2 Å². The smallest absolute Gasteiger partial charge is 0.329 e. The minimum Gasteiger partial charge on any atom is -0.480 e. The predicted octanol–water partition coefficient (Wildman–Crippen LogP) is 1.92. The van der Waals surface area contributed by atoms with Crippen LogP contribution in [-0.4, -0.2) is 32.3 Å². The van der Waals surface area contributed by atoms with E-state index in [0.717, 1.165) is 12.1 Å². The lowest BCUT2D eigenvalue weighted by Crippen LogP contribution is -2.59. The van der Waals surface area contributed by atoms with Crippen LogP contribution in [-0.2, 0) is 4.79 Å². The Hall–Kier alpha value is -2.63. The van der Waals surface area contributed by atoms with Crippen LogP contribution >= 0.6 is 0 Å². The van der Waals surface area contributed by atoms with Gasteiger partial charge in [0, 0.05) is 0 Å². The lowest BCUT2D eigenvalue weighted by Gasteiger charge is -2.38. The van der Waals surface area contributed by atoms with Gasteiger partial charge in [0.2, 0.25) is 0 Å². The molecule has 22 heavy (non-hydrogen) atoms. The molecule has 1 aromatic carbocycles. The normalized spacial score (nSPS) is 15.9. The topological polar surface area (TPSA) is 84.2 Å². The molecule has 1 amide bonds. The molecule has 1 aromatic heterocycles. The number of carbonyl (C=O) groups excluding carboxylic acids is 1. The van der Waals surface area contributed by atoms with Crippen LogP contribution in [0, 0.1) is 6.92 Å². The van der Waals surface area contributed by atoms with Crippen molar-refractivity contribution in [2.24, 2.45) is 0 Å². The Morgan fingerprint density at radius 2 is 1.95 bits per heavy atom. The summed E-state index contributed by atoms with van der Waals surface area (Å²) in [6.07, 6.45) is 3.24. The summed E-state index contributed by atoms with van der Waals surface area (Å²) in [6.45, 7) is 1.79. The largest absolute Gasteiger partial charge is 0.480 e. The maximum atomic E-state index is 12.4. The van der Waals surface area contributed by atoms with Gasteiger partial charge in [-0.3, -0.25) is 4.79 Å². The quantitative estimate of drug-likeness (QED) is 0.903. The van der Waals surface area contributed by atoms with Crippen LogP contribution in [0.5, 0.6) is 0 Å². The monoisotopic (exact) mass is 299 g/mol. The molecular weight excluding hydrogens is 282 g/mol. The van der Waals surface area contributed by atoms with E-state index in [1.54, 1.807) is 11.6 Å². The van der Waals surface area contributed by atoms with E-state index in [0.29, 0.717) is 24.1 Å². The molecule has 0 atom stereocenters. The van der Waals surface area contributed by atoms with E-state index >= 15 is 0 Å². The molecule has 6 heteroatoms. The first-order valence-electron chi connectivity index (χ1n) is 7.19. The molecule has 114 valence electrons. The van der Waals surface area contributed by atoms with Gasteiger partial charge in [0.1, 0.15) is 5.54 Å². The Balaban J connectivity index is 1.86. The number of rotatable bonds is 4. The van der Waals surface area contributed by atoms with Crippen LogP contribution in [0.4, 0.5) is 0 Å². The summed E-state index contributed by atoms with van der Waals surface area (Å²) in [5.41, 5.74) is 0.828. The number of aliphatic carboxylic acids is 1. The highest BCUT2D eigenvalue weighted by Gasteiger charge is 2.46. The maximum absolute atomic E-state index is 12.4. The summed E-state index contributed by atoms with van der Waals surface area (Å²) in [7, 11) is 0. The molecule has 0 unspecified atom stereocenters. The summed E-state index contributed by atoms with van der Waals surface area (Å²) in [6, 6.07) is 9.48. The zero-order valence-corrected chi connectivity index (χ0v) is 12.2. The fourth-order valence-corrected chi connectivity index (χ4v) is 2.67. The van der Waals surface area contributed by atoms with Crippen molar-refractivity contribution in [1.82, 2.24) is 15.1 Å². The fourth-order valence-electron chi connectivity index (χ4n) is 2.67. The average Bonchev–Trinajstić information content (AvgIpc) is 2.85. The van der Waals surface area contributed by atoms with Crippen LogP contribution in [0.1, 0.15) is 35.3 Å². The third kappa shape index (κ3) is 2.26. The van der Waals surface area contributed by atoms with Gasteiger partial charge in [0.15, 0.2) is 0 Å². The lowest BCUT2D eigenvalue weighted by molar-refractivity contribution is -0.148. The summed E-state index contributed by atoms with van der Waals surface area (Å²) in [4.78, 5) is 23.7. The standard InChI is InChI=1S/C16H17N3O3/c1-11-13(10-17-19(11)12-6-3-2-4-7-12)14(20)18-16(15(21)22)8-5-9-16/h2-4,6-7,10H,5,8-9H2,1H3,(H,18,20)(H,21,22). The predicted molar refractivity (Wildman–Crippen MR) is 80.0 cm³/mol. The second-order valence-corrected chi connectivity index (χ2v) is 5.59. The van der Waals surface area contributed by atoms with Crippen molar-refractivity contribution in [3.8, 4) is 5.69 Å². The number of carboxylic acids is 1. The molecule has 0 spiro atoms. The van der Waals surface area contributed by atoms with Crippen molar-refractivity contribution in [3.63, 3.8) is 0 Å². The molecule has 1 aliphatic rings. The molecule has 0 radical (unpaired) electrons. The van der Waals surface area contributed by atoms with Crippen molar-refractivity contribution >= 4 is 11.9 Å². The van der Waals surface area contributed by atoms with Crippen LogP contribution in [0.2, 0.25) is 0 Å². The number of amides is 1. The molecule has 3 rings (SSSR count). The summed E-state index contributed by atoms with van der Waals surface area (Å²) in [5.74, 6) is -1.36. The first kappa shape index (κ1) is 14.3. The van der Waals surface area contributed by atoms with E-state index in [-0.39, 0.29) is 5.91 Å². The van der Waals surface area contributed by atoms with E-state index in [1.165, 1.54) is 6.20 Å². The highest BCUT2D eigenvalue weighted by molar-refractivity contribution is 5.98. The first-order chi connectivity index (χ1) is 10.5. The van der Waals surface area contributed by atoms with Crippen LogP contribution in [0.15, 0.2) is 36.5 Å². The maximum Gasteiger partial charge on any atom is 0.329 e. The van der Waals surface area contributed by atoms with Gasteiger partial charge in [-0.05, 0) is 38.3 Å². The van der Waals surface area contributed by atoms with Crippen molar-refractivity contribution in [3.05, 3.63) is 47.8 Å². The van der Waals surface area contributed by atoms with Crippen LogP contribution < -0.4 is 5.32 Å². The van der Waals surface area contributed by atoms with Crippen molar-refractivity contribution in [2.75, 3.05) is 0 Å². The van der Waals surface area contributed by atoms with Crippen LogP contribution in [0.3, 0.4) is 0 Å². The van der Waals surface area contributed by atoms with Gasteiger partial charge < -0.3 is 10.4 Å². The molecule has 0 aliphatic heterocycles. The number of carboxylic acid groups (broad SMARTS) is 1. The van der Waals surface area contributed by atoms with Crippen molar-refractivity contribution in [1.29, 1.82) is 0 Å². The number of nitrogens with zero attached hydrogens (tertiary/aromatic N) is 2. The SMILES string of the molecule is Cc1c(C(=O)NC2(C(=O)O)CCC2)cnn1-c1ccccc1. The number of hydrogen-bond donors (Lipinski definition) is 2. The number of nitrogens with one attached hydrogen (secondary N) is 1. The number of hydrogen-bond acceptors (Lipinski definition) is 3. The third-order valence-corrected chi connectivity index (χ3v) is 4.22. The number of para-hydroxylation sites is 1. The molecule has 2 aromatic rings. The first-order valence-corrected chi connectivity index (χ1v) is 7.19. The molecule has 6 nitrogen and oxygen atoms in total. The highest BCUT2D eigenvalue weighted by Crippen LogP contribution is 2.32. The van der Waals surface area contributed by atoms with E-state index in [1.807, 2.05) is 30.3 Å². The zero-order chi connectivity index (χ0) is 15.7. The summed E-state index contributed by atoms with van der Waals surface area (Å²) < 4.78 is 1.67. The van der Waals surface area contributed by atoms with Gasteiger partial charge in [-0.2, -0.15) is 5.10 Å². The van der Waals surface area contributed by atoms with Crippen molar-refractivity contribution in [2.45, 2.75) is 31.7 Å². The molecule has 0 saturated heterocycles. The fraction of sp³-hybridized carbons (Fsp3) is 0.312. The number of carbonyl (C=O) groups is 2.